The van der Waals surface area contributed by atoms with E-state index in [1.807, 2.05) is 30.3 Å². The first-order chi connectivity index (χ1) is 8.33. The van der Waals surface area contributed by atoms with Crippen molar-refractivity contribution in [2.45, 2.75) is 0 Å². The molecule has 1 rings (SSSR count). The van der Waals surface area contributed by atoms with Gasteiger partial charge in [-0.2, -0.15) is 0 Å². The molecule has 0 atom stereocenters. The van der Waals surface area contributed by atoms with Crippen molar-refractivity contribution in [1.29, 1.82) is 0 Å². The summed E-state index contributed by atoms with van der Waals surface area (Å²) in [6.45, 7) is 2.68. The van der Waals surface area contributed by atoms with Crippen molar-refractivity contribution < 1.29 is 9.84 Å². The minimum atomic E-state index is 0.0798. The number of hydrogen-bond donors (Lipinski definition) is 2. The highest BCUT2D eigenvalue weighted by molar-refractivity contribution is 6.30. The van der Waals surface area contributed by atoms with Gasteiger partial charge in [-0.1, -0.05) is 35.9 Å². The number of halogens is 1. The van der Waals surface area contributed by atoms with Crippen LogP contribution >= 0.6 is 11.6 Å². The van der Waals surface area contributed by atoms with Gasteiger partial charge in [0, 0.05) is 18.1 Å². The maximum Gasteiger partial charge on any atom is 0.0698 e. The van der Waals surface area contributed by atoms with Crippen LogP contribution in [-0.2, 0) is 4.74 Å². The van der Waals surface area contributed by atoms with E-state index in [-0.39, 0.29) is 6.61 Å². The second-order valence-corrected chi connectivity index (χ2v) is 3.93. The van der Waals surface area contributed by atoms with Gasteiger partial charge in [0.25, 0.3) is 0 Å². The molecule has 1 aromatic rings. The van der Waals surface area contributed by atoms with E-state index < -0.39 is 0 Å². The third-order valence-electron chi connectivity index (χ3n) is 2.10. The van der Waals surface area contributed by atoms with Crippen LogP contribution in [0.3, 0.4) is 0 Å². The molecule has 0 aliphatic carbocycles. The molecule has 0 unspecified atom stereocenters. The molecule has 17 heavy (non-hydrogen) atoms. The number of aliphatic hydroxyl groups excluding tert-OH is 1. The van der Waals surface area contributed by atoms with E-state index in [2.05, 4.69) is 11.4 Å². The van der Waals surface area contributed by atoms with Crippen LogP contribution in [0.2, 0.25) is 5.02 Å². The lowest BCUT2D eigenvalue weighted by Gasteiger charge is -2.02. The van der Waals surface area contributed by atoms with Gasteiger partial charge in [0.05, 0.1) is 19.8 Å². The van der Waals surface area contributed by atoms with Crippen LogP contribution in [0.4, 0.5) is 0 Å². The first-order valence-corrected chi connectivity index (χ1v) is 6.02. The standard InChI is InChI=1S/C13H18ClNO2/c14-13-5-3-12(4-6-13)2-1-7-15-8-10-17-11-9-16/h1-6,15-16H,7-11H2/b2-1+. The van der Waals surface area contributed by atoms with Crippen LogP contribution in [0.25, 0.3) is 6.08 Å². The number of hydrogen-bond acceptors (Lipinski definition) is 3. The molecule has 0 fully saturated rings. The summed E-state index contributed by atoms with van der Waals surface area (Å²) in [6, 6.07) is 7.70. The first-order valence-electron chi connectivity index (χ1n) is 5.64. The van der Waals surface area contributed by atoms with E-state index in [0.29, 0.717) is 13.2 Å². The van der Waals surface area contributed by atoms with Gasteiger partial charge in [0.1, 0.15) is 0 Å². The Hall–Kier alpha value is -0.870. The van der Waals surface area contributed by atoms with Crippen LogP contribution in [0, 0.1) is 0 Å². The van der Waals surface area contributed by atoms with Crippen LogP contribution in [0.15, 0.2) is 30.3 Å². The molecule has 0 saturated carbocycles. The largest absolute Gasteiger partial charge is 0.394 e. The molecule has 0 amide bonds. The van der Waals surface area contributed by atoms with Crippen LogP contribution in [0.1, 0.15) is 5.56 Å². The van der Waals surface area contributed by atoms with E-state index in [0.717, 1.165) is 23.7 Å². The van der Waals surface area contributed by atoms with Crippen molar-refractivity contribution in [3.63, 3.8) is 0 Å². The molecule has 94 valence electrons. The normalized spacial score (nSPS) is 11.2. The molecule has 1 aromatic carbocycles. The smallest absolute Gasteiger partial charge is 0.0698 e. The van der Waals surface area contributed by atoms with Crippen molar-refractivity contribution in [3.8, 4) is 0 Å². The minimum absolute atomic E-state index is 0.0798. The Morgan fingerprint density at radius 1 is 1.24 bits per heavy atom. The summed E-state index contributed by atoms with van der Waals surface area (Å²) in [5.41, 5.74) is 1.13. The molecule has 0 saturated heterocycles. The summed E-state index contributed by atoms with van der Waals surface area (Å²) in [7, 11) is 0. The average Bonchev–Trinajstić information content (AvgIpc) is 2.35. The number of rotatable bonds is 8. The molecule has 2 N–H and O–H groups in total. The molecule has 0 aliphatic heterocycles. The fourth-order valence-corrected chi connectivity index (χ4v) is 1.39. The SMILES string of the molecule is OCCOCCNC/C=C/c1ccc(Cl)cc1. The van der Waals surface area contributed by atoms with Gasteiger partial charge in [0.15, 0.2) is 0 Å². The van der Waals surface area contributed by atoms with Crippen molar-refractivity contribution >= 4 is 17.7 Å². The number of aliphatic hydroxyl groups is 1. The summed E-state index contributed by atoms with van der Waals surface area (Å²) in [5.74, 6) is 0. The highest BCUT2D eigenvalue weighted by Crippen LogP contribution is 2.10. The lowest BCUT2D eigenvalue weighted by Crippen LogP contribution is -2.20. The molecular weight excluding hydrogens is 238 g/mol. The molecule has 4 heteroatoms. The Morgan fingerprint density at radius 3 is 2.71 bits per heavy atom. The zero-order valence-electron chi connectivity index (χ0n) is 9.73. The van der Waals surface area contributed by atoms with E-state index in [4.69, 9.17) is 21.4 Å². The van der Waals surface area contributed by atoms with Gasteiger partial charge in [-0.25, -0.2) is 0 Å². The number of ether oxygens (including phenoxy) is 1. The summed E-state index contributed by atoms with van der Waals surface area (Å²) in [6.07, 6.45) is 4.09. The van der Waals surface area contributed by atoms with E-state index in [1.165, 1.54) is 0 Å². The zero-order valence-corrected chi connectivity index (χ0v) is 10.5. The van der Waals surface area contributed by atoms with Gasteiger partial charge in [0.2, 0.25) is 0 Å². The van der Waals surface area contributed by atoms with Crippen LogP contribution in [-0.4, -0.2) is 38.0 Å². The number of nitrogens with one attached hydrogen (secondary N) is 1. The monoisotopic (exact) mass is 255 g/mol. The summed E-state index contributed by atoms with van der Waals surface area (Å²) < 4.78 is 5.11. The number of benzene rings is 1. The van der Waals surface area contributed by atoms with Gasteiger partial charge in [-0.3, -0.25) is 0 Å². The van der Waals surface area contributed by atoms with E-state index >= 15 is 0 Å². The molecule has 0 spiro atoms. The maximum atomic E-state index is 8.49. The predicted molar refractivity (Wildman–Crippen MR) is 71.3 cm³/mol. The van der Waals surface area contributed by atoms with Gasteiger partial charge in [-0.15, -0.1) is 0 Å². The van der Waals surface area contributed by atoms with Crippen molar-refractivity contribution in [1.82, 2.24) is 5.32 Å². The topological polar surface area (TPSA) is 41.5 Å². The third-order valence-corrected chi connectivity index (χ3v) is 2.35. The van der Waals surface area contributed by atoms with Crippen LogP contribution < -0.4 is 5.32 Å². The lowest BCUT2D eigenvalue weighted by atomic mass is 10.2. The fraction of sp³-hybridized carbons (Fsp3) is 0.385. The Bertz CT molecular complexity index is 325. The Labute approximate surface area is 107 Å². The maximum absolute atomic E-state index is 8.49. The average molecular weight is 256 g/mol. The molecule has 0 bridgehead atoms. The Balaban J connectivity index is 2.08. The third kappa shape index (κ3) is 7.13. The minimum Gasteiger partial charge on any atom is -0.394 e. The fourth-order valence-electron chi connectivity index (χ4n) is 1.27. The summed E-state index contributed by atoms with van der Waals surface area (Å²) in [4.78, 5) is 0. The first kappa shape index (κ1) is 14.2. The second kappa shape index (κ2) is 9.19. The van der Waals surface area contributed by atoms with E-state index in [1.54, 1.807) is 0 Å². The summed E-state index contributed by atoms with van der Waals surface area (Å²) in [5, 5.41) is 12.4. The Kier molecular flexibility index (Phi) is 7.67. The van der Waals surface area contributed by atoms with E-state index in [9.17, 15) is 0 Å². The Morgan fingerprint density at radius 2 is 2.00 bits per heavy atom. The van der Waals surface area contributed by atoms with Crippen molar-refractivity contribution in [2.75, 3.05) is 32.9 Å². The second-order valence-electron chi connectivity index (χ2n) is 3.49. The van der Waals surface area contributed by atoms with Crippen LogP contribution in [0.5, 0.6) is 0 Å². The predicted octanol–water partition coefficient (Wildman–Crippen LogP) is 1.95. The van der Waals surface area contributed by atoms with Crippen molar-refractivity contribution in [2.24, 2.45) is 0 Å². The van der Waals surface area contributed by atoms with Gasteiger partial charge in [-0.05, 0) is 17.7 Å². The molecule has 0 radical (unpaired) electrons. The lowest BCUT2D eigenvalue weighted by molar-refractivity contribution is 0.0943. The molecule has 0 aliphatic rings. The molecule has 0 heterocycles. The van der Waals surface area contributed by atoms with Gasteiger partial charge >= 0.3 is 0 Å². The zero-order chi connectivity index (χ0) is 12.3. The quantitative estimate of drug-likeness (QED) is 0.698. The summed E-state index contributed by atoms with van der Waals surface area (Å²) >= 11 is 5.79. The highest BCUT2D eigenvalue weighted by Gasteiger charge is 1.88. The highest BCUT2D eigenvalue weighted by atomic mass is 35.5. The van der Waals surface area contributed by atoms with Gasteiger partial charge < -0.3 is 15.2 Å². The van der Waals surface area contributed by atoms with Crippen molar-refractivity contribution in [3.05, 3.63) is 40.9 Å². The molecule has 3 nitrogen and oxygen atoms in total. The molecular formula is C13H18ClNO2. The molecule has 0 aromatic heterocycles.